The highest BCUT2D eigenvalue weighted by Gasteiger charge is 2.43. The molecule has 28 heavy (non-hydrogen) atoms. The molecule has 4 nitrogen and oxygen atoms in total. The van der Waals surface area contributed by atoms with Crippen molar-refractivity contribution in [2.45, 2.75) is 64.1 Å². The van der Waals surface area contributed by atoms with Crippen molar-refractivity contribution in [2.24, 2.45) is 17.8 Å². The van der Waals surface area contributed by atoms with Gasteiger partial charge in [0.25, 0.3) is 0 Å². The van der Waals surface area contributed by atoms with Crippen LogP contribution in [0.2, 0.25) is 0 Å². The fourth-order valence-electron chi connectivity index (χ4n) is 4.73. The lowest BCUT2D eigenvalue weighted by molar-refractivity contribution is -0.137. The minimum Gasteiger partial charge on any atom is -0.481 e. The van der Waals surface area contributed by atoms with Crippen molar-refractivity contribution >= 4 is 5.97 Å². The second kappa shape index (κ2) is 9.53. The van der Waals surface area contributed by atoms with Crippen LogP contribution < -0.4 is 0 Å². The van der Waals surface area contributed by atoms with E-state index < -0.39 is 18.2 Å². The van der Waals surface area contributed by atoms with E-state index in [1.807, 2.05) is 37.3 Å². The molecule has 1 fully saturated rings. The standard InChI is InChI=1S/C24H32O4/c1-16-5-4-7-17(11-16)13-20(25)9-10-21-22-14-18(6-2-3-8-24(27)28)12-19(22)15-23(21)26/h4-5,7,9-12,19-23,25-26H,2-3,6,8,13-15H2,1H3,(H,27,28)/b10-9+/t19-,20-,21+,22-,23+/m0/s1/i20T. The highest BCUT2D eigenvalue weighted by molar-refractivity contribution is 5.66. The average molecular weight is 387 g/mol. The number of rotatable bonds is 9. The predicted molar refractivity (Wildman–Crippen MR) is 110 cm³/mol. The Bertz CT molecular complexity index is 783. The van der Waals surface area contributed by atoms with Gasteiger partial charge in [0.2, 0.25) is 0 Å². The average Bonchev–Trinajstić information content (AvgIpc) is 3.13. The Morgan fingerprint density at radius 1 is 1.39 bits per heavy atom. The smallest absolute Gasteiger partial charge is 0.303 e. The number of fused-ring (bicyclic) bond motifs is 1. The third-order valence-electron chi connectivity index (χ3n) is 6.07. The summed E-state index contributed by atoms with van der Waals surface area (Å²) in [5.74, 6) is -0.151. The van der Waals surface area contributed by atoms with E-state index in [1.54, 1.807) is 0 Å². The molecule has 0 spiro atoms. The number of benzene rings is 1. The van der Waals surface area contributed by atoms with Crippen LogP contribution in [0.15, 0.2) is 48.1 Å². The first kappa shape index (κ1) is 19.4. The maximum Gasteiger partial charge on any atom is 0.303 e. The fraction of sp³-hybridized carbons (Fsp3) is 0.542. The Balaban J connectivity index is 1.56. The predicted octanol–water partition coefficient (Wildman–Crippen LogP) is 4.04. The van der Waals surface area contributed by atoms with E-state index in [0.717, 1.165) is 30.4 Å². The quantitative estimate of drug-likeness (QED) is 0.442. The molecule has 0 heterocycles. The van der Waals surface area contributed by atoms with Gasteiger partial charge in [0.05, 0.1) is 13.6 Å². The second-order valence-electron chi connectivity index (χ2n) is 8.35. The molecule has 0 amide bonds. The Morgan fingerprint density at radius 3 is 2.96 bits per heavy atom. The summed E-state index contributed by atoms with van der Waals surface area (Å²) in [7, 11) is 0. The van der Waals surface area contributed by atoms with Crippen LogP contribution >= 0.6 is 0 Å². The van der Waals surface area contributed by atoms with Crippen molar-refractivity contribution in [1.29, 1.82) is 0 Å². The summed E-state index contributed by atoms with van der Waals surface area (Å²) < 4.78 is 8.27. The summed E-state index contributed by atoms with van der Waals surface area (Å²) in [4.78, 5) is 10.6. The van der Waals surface area contributed by atoms with Gasteiger partial charge in [0, 0.05) is 18.8 Å². The van der Waals surface area contributed by atoms with E-state index in [0.29, 0.717) is 24.7 Å². The number of hydrogen-bond acceptors (Lipinski definition) is 3. The number of carboxylic acids is 1. The van der Waals surface area contributed by atoms with Crippen LogP contribution in [0.3, 0.4) is 0 Å². The van der Waals surface area contributed by atoms with E-state index in [-0.39, 0.29) is 18.8 Å². The first-order chi connectivity index (χ1) is 13.7. The third kappa shape index (κ3) is 5.55. The number of hydrogen-bond donors (Lipinski definition) is 3. The minimum atomic E-state index is -1.70. The lowest BCUT2D eigenvalue weighted by atomic mass is 9.88. The van der Waals surface area contributed by atoms with Gasteiger partial charge in [0.15, 0.2) is 0 Å². The van der Waals surface area contributed by atoms with Gasteiger partial charge >= 0.3 is 5.97 Å². The number of allylic oxidation sites excluding steroid dienone is 2. The number of aliphatic hydroxyl groups is 2. The van der Waals surface area contributed by atoms with Crippen molar-refractivity contribution < 1.29 is 21.5 Å². The van der Waals surface area contributed by atoms with E-state index in [2.05, 4.69) is 6.08 Å². The van der Waals surface area contributed by atoms with Gasteiger partial charge in [-0.3, -0.25) is 4.79 Å². The van der Waals surface area contributed by atoms with Gasteiger partial charge in [-0.1, -0.05) is 53.6 Å². The Morgan fingerprint density at radius 2 is 2.21 bits per heavy atom. The number of aliphatic carboxylic acids is 1. The zero-order valence-electron chi connectivity index (χ0n) is 17.6. The molecule has 2 aliphatic rings. The maximum atomic E-state index is 10.6. The van der Waals surface area contributed by atoms with Gasteiger partial charge in [0.1, 0.15) is 0 Å². The molecular formula is C24H32O4. The molecule has 0 aromatic heterocycles. The van der Waals surface area contributed by atoms with Crippen LogP contribution in [0.1, 0.15) is 51.0 Å². The van der Waals surface area contributed by atoms with Gasteiger partial charge in [-0.2, -0.15) is 0 Å². The summed E-state index contributed by atoms with van der Waals surface area (Å²) in [6.07, 6.45) is 8.06. The summed E-state index contributed by atoms with van der Waals surface area (Å²) in [5, 5.41) is 29.8. The highest BCUT2D eigenvalue weighted by Crippen LogP contribution is 2.48. The van der Waals surface area contributed by atoms with Crippen LogP contribution in [0.4, 0.5) is 0 Å². The molecule has 5 atom stereocenters. The van der Waals surface area contributed by atoms with E-state index in [9.17, 15) is 15.0 Å². The number of carbonyl (C=O) groups is 1. The molecule has 1 aromatic rings. The molecule has 1 saturated carbocycles. The minimum absolute atomic E-state index is 0.0536. The van der Waals surface area contributed by atoms with Crippen molar-refractivity contribution in [2.75, 3.05) is 0 Å². The van der Waals surface area contributed by atoms with Crippen LogP contribution in [-0.4, -0.2) is 33.5 Å². The lowest BCUT2D eigenvalue weighted by Gasteiger charge is -2.19. The Hall–Kier alpha value is -1.91. The zero-order valence-corrected chi connectivity index (χ0v) is 16.6. The fourth-order valence-corrected chi connectivity index (χ4v) is 4.73. The molecular weight excluding hydrogens is 352 g/mol. The monoisotopic (exact) mass is 386 g/mol. The molecule has 3 N–H and O–H groups in total. The van der Waals surface area contributed by atoms with E-state index >= 15 is 0 Å². The van der Waals surface area contributed by atoms with Crippen LogP contribution in [-0.2, 0) is 11.2 Å². The van der Waals surface area contributed by atoms with E-state index in [4.69, 9.17) is 6.48 Å². The van der Waals surface area contributed by atoms with Crippen molar-refractivity contribution in [3.63, 3.8) is 0 Å². The third-order valence-corrected chi connectivity index (χ3v) is 6.07. The molecule has 1 aromatic carbocycles. The van der Waals surface area contributed by atoms with E-state index in [1.165, 1.54) is 11.6 Å². The summed E-state index contributed by atoms with van der Waals surface area (Å²) in [6, 6.07) is 7.81. The molecule has 152 valence electrons. The molecule has 4 heteroatoms. The van der Waals surface area contributed by atoms with Crippen molar-refractivity contribution in [3.05, 3.63) is 59.2 Å². The SMILES string of the molecule is [3H][C@](O)(/C=C/[C@@H]1[C@H]2CC(CCCCC(=O)O)=C[C@H]2C[C@H]1O)Cc1cccc(C)c1. The topological polar surface area (TPSA) is 77.8 Å². The molecule has 2 aliphatic carbocycles. The molecule has 0 aliphatic heterocycles. The summed E-state index contributed by atoms with van der Waals surface area (Å²) in [5.41, 5.74) is 3.38. The van der Waals surface area contributed by atoms with Gasteiger partial charge in [-0.05, 0) is 56.4 Å². The van der Waals surface area contributed by atoms with Crippen LogP contribution in [0.25, 0.3) is 0 Å². The number of aliphatic hydroxyl groups excluding tert-OH is 1. The molecule has 0 saturated heterocycles. The first-order valence-corrected chi connectivity index (χ1v) is 10.3. The number of carboxylic acid groups (broad SMARTS) is 1. The summed E-state index contributed by atoms with van der Waals surface area (Å²) in [6.45, 7) is 1.99. The maximum absolute atomic E-state index is 10.6. The highest BCUT2D eigenvalue weighted by atomic mass is 16.4. The summed E-state index contributed by atoms with van der Waals surface area (Å²) >= 11 is 0. The van der Waals surface area contributed by atoms with Gasteiger partial charge in [-0.25, -0.2) is 0 Å². The Labute approximate surface area is 169 Å². The first-order valence-electron chi connectivity index (χ1n) is 10.8. The number of aryl methyl sites for hydroxylation is 1. The molecule has 0 bridgehead atoms. The van der Waals surface area contributed by atoms with Crippen molar-refractivity contribution in [1.82, 2.24) is 0 Å². The van der Waals surface area contributed by atoms with Crippen molar-refractivity contribution in [3.8, 4) is 0 Å². The molecule has 0 unspecified atom stereocenters. The number of unbranched alkanes of at least 4 members (excludes halogenated alkanes) is 1. The normalized spacial score (nSPS) is 29.4. The van der Waals surface area contributed by atoms with Crippen LogP contribution in [0.5, 0.6) is 0 Å². The zero-order chi connectivity index (χ0) is 21.0. The molecule has 0 radical (unpaired) electrons. The van der Waals surface area contributed by atoms with Gasteiger partial charge in [-0.15, -0.1) is 0 Å². The van der Waals surface area contributed by atoms with Gasteiger partial charge < -0.3 is 15.3 Å². The lowest BCUT2D eigenvalue weighted by Crippen LogP contribution is -2.18. The molecule has 3 rings (SSSR count). The van der Waals surface area contributed by atoms with Crippen LogP contribution in [0, 0.1) is 24.7 Å². The Kier molecular flexibility index (Phi) is 6.61. The largest absolute Gasteiger partial charge is 0.481 e. The second-order valence-corrected chi connectivity index (χ2v) is 8.35.